The number of nitrogens with two attached hydrogens (primary N) is 1. The van der Waals surface area contributed by atoms with Crippen molar-refractivity contribution < 1.29 is 9.59 Å². The highest BCUT2D eigenvalue weighted by Crippen LogP contribution is 2.08. The number of hydrogen-bond donors (Lipinski definition) is 1. The molecule has 0 aliphatic carbocycles. The normalized spacial score (nSPS) is 9.55. The zero-order valence-corrected chi connectivity index (χ0v) is 5.94. The molecular formula is C6H7N3O2. The molecule has 0 amide bonds. The summed E-state index contributed by atoms with van der Waals surface area (Å²) < 4.78 is 1.33. The van der Waals surface area contributed by atoms with Crippen molar-refractivity contribution in [3.63, 3.8) is 0 Å². The van der Waals surface area contributed by atoms with Crippen LogP contribution in [0.4, 0.5) is 5.82 Å². The van der Waals surface area contributed by atoms with Crippen LogP contribution in [0.2, 0.25) is 0 Å². The number of ketones is 1. The van der Waals surface area contributed by atoms with E-state index in [9.17, 15) is 9.59 Å². The predicted molar refractivity (Wildman–Crippen MR) is 38.0 cm³/mol. The van der Waals surface area contributed by atoms with Gasteiger partial charge < -0.3 is 5.73 Å². The van der Waals surface area contributed by atoms with Gasteiger partial charge in [-0.25, -0.2) is 0 Å². The molecule has 0 aliphatic heterocycles. The van der Waals surface area contributed by atoms with Gasteiger partial charge in [0.15, 0.2) is 6.29 Å². The van der Waals surface area contributed by atoms with Gasteiger partial charge in [-0.3, -0.25) is 14.3 Å². The van der Waals surface area contributed by atoms with Gasteiger partial charge in [-0.15, -0.1) is 0 Å². The summed E-state index contributed by atoms with van der Waals surface area (Å²) in [6.45, 7) is 0. The Morgan fingerprint density at radius 2 is 2.45 bits per heavy atom. The van der Waals surface area contributed by atoms with Gasteiger partial charge in [0.1, 0.15) is 5.82 Å². The first kappa shape index (κ1) is 7.46. The van der Waals surface area contributed by atoms with Crippen LogP contribution in [0.15, 0.2) is 6.20 Å². The van der Waals surface area contributed by atoms with Crippen molar-refractivity contribution in [3.8, 4) is 0 Å². The van der Waals surface area contributed by atoms with E-state index in [2.05, 4.69) is 5.10 Å². The molecule has 0 aromatic carbocycles. The Kier molecular flexibility index (Phi) is 1.72. The lowest BCUT2D eigenvalue weighted by molar-refractivity contribution is -0.104. The van der Waals surface area contributed by atoms with Crippen molar-refractivity contribution in [2.75, 3.05) is 5.73 Å². The second-order valence-corrected chi connectivity index (χ2v) is 2.05. The number of carbonyl (C=O) groups excluding carboxylic acids is 2. The van der Waals surface area contributed by atoms with E-state index in [0.29, 0.717) is 0 Å². The Morgan fingerprint density at radius 1 is 1.82 bits per heavy atom. The SMILES string of the molecule is Cn1ncc(C(=O)C=O)c1N. The van der Waals surface area contributed by atoms with E-state index in [4.69, 9.17) is 5.73 Å². The topological polar surface area (TPSA) is 78.0 Å². The van der Waals surface area contributed by atoms with E-state index >= 15 is 0 Å². The van der Waals surface area contributed by atoms with Crippen LogP contribution in [0.3, 0.4) is 0 Å². The molecule has 58 valence electrons. The molecule has 1 aromatic heterocycles. The van der Waals surface area contributed by atoms with E-state index in [0.717, 1.165) is 0 Å². The van der Waals surface area contributed by atoms with Crippen molar-refractivity contribution in [3.05, 3.63) is 11.8 Å². The predicted octanol–water partition coefficient (Wildman–Crippen LogP) is -0.616. The van der Waals surface area contributed by atoms with Crippen LogP contribution in [0.25, 0.3) is 0 Å². The third-order valence-corrected chi connectivity index (χ3v) is 1.36. The van der Waals surface area contributed by atoms with E-state index < -0.39 is 5.78 Å². The fourth-order valence-electron chi connectivity index (χ4n) is 0.700. The first-order chi connectivity index (χ1) is 5.16. The lowest BCUT2D eigenvalue weighted by Gasteiger charge is -1.93. The number of anilines is 1. The first-order valence-corrected chi connectivity index (χ1v) is 2.93. The summed E-state index contributed by atoms with van der Waals surface area (Å²) in [5.74, 6) is -0.433. The molecule has 2 N–H and O–H groups in total. The van der Waals surface area contributed by atoms with E-state index in [1.807, 2.05) is 0 Å². The Morgan fingerprint density at radius 3 is 2.82 bits per heavy atom. The van der Waals surface area contributed by atoms with Crippen molar-refractivity contribution in [2.24, 2.45) is 7.05 Å². The molecule has 0 unspecified atom stereocenters. The molecule has 0 saturated heterocycles. The molecule has 1 rings (SSSR count). The third kappa shape index (κ3) is 1.12. The molecule has 0 radical (unpaired) electrons. The van der Waals surface area contributed by atoms with Crippen LogP contribution >= 0.6 is 0 Å². The van der Waals surface area contributed by atoms with Gasteiger partial charge in [0.05, 0.1) is 11.8 Å². The van der Waals surface area contributed by atoms with Gasteiger partial charge in [-0.2, -0.15) is 5.10 Å². The smallest absolute Gasteiger partial charge is 0.230 e. The van der Waals surface area contributed by atoms with Gasteiger partial charge in [-0.05, 0) is 0 Å². The van der Waals surface area contributed by atoms with Crippen molar-refractivity contribution >= 4 is 17.9 Å². The zero-order valence-electron chi connectivity index (χ0n) is 5.94. The number of nitrogens with zero attached hydrogens (tertiary/aromatic N) is 2. The molecule has 0 spiro atoms. The monoisotopic (exact) mass is 153 g/mol. The minimum absolute atomic E-state index is 0.155. The molecule has 0 bridgehead atoms. The third-order valence-electron chi connectivity index (χ3n) is 1.36. The zero-order chi connectivity index (χ0) is 8.43. The van der Waals surface area contributed by atoms with Crippen LogP contribution in [-0.2, 0) is 11.8 Å². The summed E-state index contributed by atoms with van der Waals surface area (Å²) in [5, 5.41) is 3.70. The molecular weight excluding hydrogens is 146 g/mol. The Hall–Kier alpha value is -1.65. The molecule has 11 heavy (non-hydrogen) atoms. The van der Waals surface area contributed by atoms with Crippen LogP contribution in [0.1, 0.15) is 10.4 Å². The van der Waals surface area contributed by atoms with E-state index in [-0.39, 0.29) is 17.7 Å². The highest BCUT2D eigenvalue weighted by molar-refractivity contribution is 6.34. The average molecular weight is 153 g/mol. The number of aldehydes is 1. The summed E-state index contributed by atoms with van der Waals surface area (Å²) in [6, 6.07) is 0. The van der Waals surface area contributed by atoms with Crippen molar-refractivity contribution in [1.29, 1.82) is 0 Å². The molecule has 5 nitrogen and oxygen atoms in total. The maximum absolute atomic E-state index is 10.7. The maximum Gasteiger partial charge on any atom is 0.230 e. The average Bonchev–Trinajstić information content (AvgIpc) is 2.32. The molecule has 0 aliphatic rings. The fraction of sp³-hybridized carbons (Fsp3) is 0.167. The van der Waals surface area contributed by atoms with Gasteiger partial charge in [-0.1, -0.05) is 0 Å². The number of aromatic nitrogens is 2. The minimum Gasteiger partial charge on any atom is -0.383 e. The number of Topliss-reactive ketones (excluding diaryl/α,β-unsaturated/α-hetero) is 1. The number of carbonyl (C=O) groups is 2. The quantitative estimate of drug-likeness (QED) is 0.349. The van der Waals surface area contributed by atoms with Crippen LogP contribution in [0, 0.1) is 0 Å². The minimum atomic E-state index is -0.643. The second kappa shape index (κ2) is 2.53. The van der Waals surface area contributed by atoms with Crippen LogP contribution in [0.5, 0.6) is 0 Å². The Labute approximate surface area is 62.8 Å². The lowest BCUT2D eigenvalue weighted by atomic mass is 10.2. The molecule has 5 heteroatoms. The fourth-order valence-corrected chi connectivity index (χ4v) is 0.700. The summed E-state index contributed by atoms with van der Waals surface area (Å²) in [5.41, 5.74) is 5.55. The molecule has 0 saturated carbocycles. The summed E-state index contributed by atoms with van der Waals surface area (Å²) in [6.07, 6.45) is 1.49. The summed E-state index contributed by atoms with van der Waals surface area (Å²) in [4.78, 5) is 20.8. The molecule has 0 atom stereocenters. The highest BCUT2D eigenvalue weighted by atomic mass is 16.2. The van der Waals surface area contributed by atoms with Gasteiger partial charge in [0.25, 0.3) is 0 Å². The van der Waals surface area contributed by atoms with E-state index in [1.54, 1.807) is 7.05 Å². The standard InChI is InChI=1S/C6H7N3O2/c1-9-6(7)4(2-8-9)5(11)3-10/h2-3H,7H2,1H3. The molecule has 1 heterocycles. The number of hydrogen-bond acceptors (Lipinski definition) is 4. The maximum atomic E-state index is 10.7. The number of aryl methyl sites for hydroxylation is 1. The first-order valence-electron chi connectivity index (χ1n) is 2.93. The number of rotatable bonds is 2. The Bertz CT molecular complexity index is 303. The summed E-state index contributed by atoms with van der Waals surface area (Å²) >= 11 is 0. The van der Waals surface area contributed by atoms with E-state index in [1.165, 1.54) is 10.9 Å². The Balaban J connectivity index is 3.14. The van der Waals surface area contributed by atoms with Crippen LogP contribution in [-0.4, -0.2) is 21.8 Å². The summed E-state index contributed by atoms with van der Waals surface area (Å²) in [7, 11) is 1.59. The van der Waals surface area contributed by atoms with Gasteiger partial charge in [0, 0.05) is 7.05 Å². The molecule has 1 aromatic rings. The highest BCUT2D eigenvalue weighted by Gasteiger charge is 2.11. The van der Waals surface area contributed by atoms with Gasteiger partial charge in [0.2, 0.25) is 5.78 Å². The van der Waals surface area contributed by atoms with Crippen molar-refractivity contribution in [1.82, 2.24) is 9.78 Å². The number of nitrogen functional groups attached to an aromatic ring is 1. The van der Waals surface area contributed by atoms with Crippen molar-refractivity contribution in [2.45, 2.75) is 0 Å². The largest absolute Gasteiger partial charge is 0.383 e. The van der Waals surface area contributed by atoms with Gasteiger partial charge >= 0.3 is 0 Å². The second-order valence-electron chi connectivity index (χ2n) is 2.05. The van der Waals surface area contributed by atoms with Crippen LogP contribution < -0.4 is 5.73 Å². The lowest BCUT2D eigenvalue weighted by Crippen LogP contribution is -2.05. The molecule has 0 fully saturated rings.